The molecule has 0 saturated heterocycles. The van der Waals surface area contributed by atoms with E-state index in [1.807, 2.05) is 17.5 Å². The van der Waals surface area contributed by atoms with Crippen LogP contribution in [0, 0.1) is 13.8 Å². The summed E-state index contributed by atoms with van der Waals surface area (Å²) in [7, 11) is 0. The van der Waals surface area contributed by atoms with Crippen molar-refractivity contribution < 1.29 is 9.90 Å². The summed E-state index contributed by atoms with van der Waals surface area (Å²) in [6, 6.07) is 3.75. The van der Waals surface area contributed by atoms with Gasteiger partial charge in [-0.05, 0) is 25.3 Å². The molecular weight excluding hydrogens is 236 g/mol. The van der Waals surface area contributed by atoms with E-state index in [0.717, 1.165) is 4.88 Å². The Morgan fingerprint density at radius 1 is 1.41 bits per heavy atom. The van der Waals surface area contributed by atoms with Gasteiger partial charge in [-0.3, -0.25) is 9.78 Å². The van der Waals surface area contributed by atoms with E-state index in [2.05, 4.69) is 4.98 Å². The number of thiophene rings is 1. The van der Waals surface area contributed by atoms with Crippen molar-refractivity contribution in [3.05, 3.63) is 34.5 Å². The number of carbonyl (C=O) groups excluding carboxylic acids is 1. The minimum atomic E-state index is -0.662. The topological polar surface area (TPSA) is 76.2 Å². The molecule has 2 heterocycles. The maximum absolute atomic E-state index is 11.3. The molecule has 0 fully saturated rings. The lowest BCUT2D eigenvalue weighted by Crippen LogP contribution is -2.14. The second kappa shape index (κ2) is 4.18. The van der Waals surface area contributed by atoms with Crippen molar-refractivity contribution in [3.63, 3.8) is 0 Å². The predicted molar refractivity (Wildman–Crippen MR) is 67.2 cm³/mol. The average Bonchev–Trinajstić information content (AvgIpc) is 2.69. The standard InChI is InChI=1S/C12H12N2O2S/c1-6-9(8-4-3-5-17-8)11(15)10(12(13)16)7(2)14-6/h3-5H,1-2H3,(H2,13,16)(H,14,15). The number of nitrogens with two attached hydrogens (primary N) is 1. The zero-order valence-corrected chi connectivity index (χ0v) is 10.3. The van der Waals surface area contributed by atoms with Crippen molar-refractivity contribution in [1.29, 1.82) is 0 Å². The van der Waals surface area contributed by atoms with Crippen LogP contribution in [-0.2, 0) is 0 Å². The third kappa shape index (κ3) is 1.89. The van der Waals surface area contributed by atoms with Crippen molar-refractivity contribution in [1.82, 2.24) is 4.98 Å². The number of aryl methyl sites for hydroxylation is 2. The fraction of sp³-hybridized carbons (Fsp3) is 0.167. The van der Waals surface area contributed by atoms with E-state index in [4.69, 9.17) is 5.73 Å². The van der Waals surface area contributed by atoms with E-state index in [1.165, 1.54) is 11.3 Å². The summed E-state index contributed by atoms with van der Waals surface area (Å²) in [4.78, 5) is 16.4. The summed E-state index contributed by atoms with van der Waals surface area (Å²) in [6.07, 6.45) is 0. The van der Waals surface area contributed by atoms with Crippen molar-refractivity contribution in [3.8, 4) is 16.2 Å². The third-order valence-electron chi connectivity index (χ3n) is 2.55. The lowest BCUT2D eigenvalue weighted by molar-refractivity contribution is 0.0997. The molecule has 3 N–H and O–H groups in total. The Morgan fingerprint density at radius 3 is 2.65 bits per heavy atom. The number of rotatable bonds is 2. The van der Waals surface area contributed by atoms with Gasteiger partial charge in [-0.15, -0.1) is 11.3 Å². The highest BCUT2D eigenvalue weighted by atomic mass is 32.1. The molecule has 0 radical (unpaired) electrons. The predicted octanol–water partition coefficient (Wildman–Crippen LogP) is 2.23. The maximum Gasteiger partial charge on any atom is 0.254 e. The van der Waals surface area contributed by atoms with E-state index < -0.39 is 5.91 Å². The van der Waals surface area contributed by atoms with Gasteiger partial charge in [-0.25, -0.2) is 0 Å². The molecular formula is C12H12N2O2S. The van der Waals surface area contributed by atoms with Crippen molar-refractivity contribution in [2.75, 3.05) is 0 Å². The molecule has 2 rings (SSSR count). The normalized spacial score (nSPS) is 10.5. The molecule has 0 bridgehead atoms. The molecule has 0 aliphatic carbocycles. The van der Waals surface area contributed by atoms with Crippen LogP contribution in [0.4, 0.5) is 0 Å². The van der Waals surface area contributed by atoms with Crippen LogP contribution in [0.5, 0.6) is 5.75 Å². The molecule has 0 atom stereocenters. The second-order valence-electron chi connectivity index (χ2n) is 3.72. The smallest absolute Gasteiger partial charge is 0.254 e. The Labute approximate surface area is 103 Å². The van der Waals surface area contributed by atoms with Gasteiger partial charge >= 0.3 is 0 Å². The summed E-state index contributed by atoms with van der Waals surface area (Å²) in [6.45, 7) is 3.46. The fourth-order valence-electron chi connectivity index (χ4n) is 1.84. The summed E-state index contributed by atoms with van der Waals surface area (Å²) >= 11 is 1.48. The van der Waals surface area contributed by atoms with Crippen LogP contribution >= 0.6 is 11.3 Å². The second-order valence-corrected chi connectivity index (χ2v) is 4.67. The lowest BCUT2D eigenvalue weighted by atomic mass is 10.0. The first-order valence-electron chi connectivity index (χ1n) is 5.06. The highest BCUT2D eigenvalue weighted by Crippen LogP contribution is 2.37. The van der Waals surface area contributed by atoms with Gasteiger partial charge in [0.2, 0.25) is 0 Å². The first-order chi connectivity index (χ1) is 8.02. The van der Waals surface area contributed by atoms with Crippen LogP contribution in [0.25, 0.3) is 10.4 Å². The van der Waals surface area contributed by atoms with E-state index in [0.29, 0.717) is 17.0 Å². The average molecular weight is 248 g/mol. The van der Waals surface area contributed by atoms with Crippen LogP contribution in [0.15, 0.2) is 17.5 Å². The summed E-state index contributed by atoms with van der Waals surface area (Å²) in [5, 5.41) is 12.1. The molecule has 2 aromatic heterocycles. The molecule has 0 unspecified atom stereocenters. The molecule has 1 amide bonds. The van der Waals surface area contributed by atoms with Gasteiger partial charge in [-0.2, -0.15) is 0 Å². The largest absolute Gasteiger partial charge is 0.506 e. The van der Waals surface area contributed by atoms with Gasteiger partial charge in [-0.1, -0.05) is 6.07 Å². The molecule has 5 heteroatoms. The Bertz CT molecular complexity index is 577. The van der Waals surface area contributed by atoms with E-state index >= 15 is 0 Å². The van der Waals surface area contributed by atoms with E-state index in [1.54, 1.807) is 13.8 Å². The number of pyridine rings is 1. The first kappa shape index (κ1) is 11.6. The van der Waals surface area contributed by atoms with Crippen LogP contribution in [0.1, 0.15) is 21.7 Å². The summed E-state index contributed by atoms with van der Waals surface area (Å²) < 4.78 is 0. The highest BCUT2D eigenvalue weighted by Gasteiger charge is 2.20. The van der Waals surface area contributed by atoms with Crippen LogP contribution in [0.3, 0.4) is 0 Å². The van der Waals surface area contributed by atoms with Gasteiger partial charge in [0.05, 0.1) is 11.3 Å². The quantitative estimate of drug-likeness (QED) is 0.855. The Hall–Kier alpha value is -1.88. The van der Waals surface area contributed by atoms with Crippen LogP contribution < -0.4 is 5.73 Å². The number of nitrogens with zero attached hydrogens (tertiary/aromatic N) is 1. The van der Waals surface area contributed by atoms with Crippen molar-refractivity contribution >= 4 is 17.2 Å². The summed E-state index contributed by atoms with van der Waals surface area (Å²) in [5.74, 6) is -0.741. The SMILES string of the molecule is Cc1nc(C)c(-c2cccs2)c(O)c1C(N)=O. The Balaban J connectivity index is 2.77. The van der Waals surface area contributed by atoms with Crippen molar-refractivity contribution in [2.24, 2.45) is 5.73 Å². The number of aromatic hydroxyl groups is 1. The molecule has 88 valence electrons. The maximum atomic E-state index is 11.3. The van der Waals surface area contributed by atoms with Gasteiger partial charge < -0.3 is 10.8 Å². The highest BCUT2D eigenvalue weighted by molar-refractivity contribution is 7.13. The Morgan fingerprint density at radius 2 is 2.12 bits per heavy atom. The number of aromatic nitrogens is 1. The van der Waals surface area contributed by atoms with Crippen LogP contribution in [-0.4, -0.2) is 16.0 Å². The monoisotopic (exact) mass is 248 g/mol. The minimum absolute atomic E-state index is 0.0787. The van der Waals surface area contributed by atoms with Crippen molar-refractivity contribution in [2.45, 2.75) is 13.8 Å². The zero-order valence-electron chi connectivity index (χ0n) is 9.52. The number of carbonyl (C=O) groups is 1. The molecule has 0 saturated carbocycles. The first-order valence-corrected chi connectivity index (χ1v) is 5.94. The number of hydrogen-bond donors (Lipinski definition) is 2. The minimum Gasteiger partial charge on any atom is -0.506 e. The number of primary amides is 1. The molecule has 17 heavy (non-hydrogen) atoms. The van der Waals surface area contributed by atoms with Gasteiger partial charge in [0.25, 0.3) is 5.91 Å². The fourth-order valence-corrected chi connectivity index (χ4v) is 2.66. The zero-order chi connectivity index (χ0) is 12.6. The number of hydrogen-bond acceptors (Lipinski definition) is 4. The third-order valence-corrected chi connectivity index (χ3v) is 3.43. The molecule has 4 nitrogen and oxygen atoms in total. The molecule has 0 aliphatic heterocycles. The Kier molecular flexibility index (Phi) is 2.85. The molecule has 0 aromatic carbocycles. The van der Waals surface area contributed by atoms with E-state index in [-0.39, 0.29) is 11.3 Å². The van der Waals surface area contributed by atoms with Crippen LogP contribution in [0.2, 0.25) is 0 Å². The van der Waals surface area contributed by atoms with E-state index in [9.17, 15) is 9.90 Å². The summed E-state index contributed by atoms with van der Waals surface area (Å²) in [5.41, 5.74) is 7.07. The van der Waals surface area contributed by atoms with Gasteiger partial charge in [0.15, 0.2) is 0 Å². The number of amides is 1. The van der Waals surface area contributed by atoms with Gasteiger partial charge in [0.1, 0.15) is 11.3 Å². The lowest BCUT2D eigenvalue weighted by Gasteiger charge is -2.11. The molecule has 2 aromatic rings. The van der Waals surface area contributed by atoms with Gasteiger partial charge in [0, 0.05) is 10.6 Å². The molecule has 0 spiro atoms. The molecule has 0 aliphatic rings.